The number of likely N-dealkylation sites (tertiary alicyclic amines) is 1. The molecule has 0 saturated carbocycles. The van der Waals surface area contributed by atoms with Crippen LogP contribution >= 0.6 is 0 Å². The number of carbonyl (C=O) groups is 2. The molecule has 2 fully saturated rings. The van der Waals surface area contributed by atoms with Crippen LogP contribution in [0.3, 0.4) is 0 Å². The van der Waals surface area contributed by atoms with Crippen LogP contribution in [0.2, 0.25) is 0 Å². The Morgan fingerprint density at radius 1 is 1.20 bits per heavy atom. The third-order valence-corrected chi connectivity index (χ3v) is 5.12. The third-order valence-electron chi connectivity index (χ3n) is 5.12. The Kier molecular flexibility index (Phi) is 5.14. The third kappa shape index (κ3) is 3.62. The largest absolute Gasteiger partial charge is 0.465 e. The summed E-state index contributed by atoms with van der Waals surface area (Å²) in [4.78, 5) is 28.4. The van der Waals surface area contributed by atoms with Gasteiger partial charge in [-0.15, -0.1) is 0 Å². The van der Waals surface area contributed by atoms with E-state index in [0.29, 0.717) is 6.54 Å². The highest BCUT2D eigenvalue weighted by Crippen LogP contribution is 2.38. The van der Waals surface area contributed by atoms with Crippen LogP contribution < -0.4 is 0 Å². The lowest BCUT2D eigenvalue weighted by atomic mass is 9.82. The standard InChI is InChI=1S/C18H32N2O5/c1-10-8-19(12-11(21)9-25-13(10)12)15(22)14(17(2,3)4)20(16(23)24)18(5,6)7/h10-14,21H,8-9H2,1-7H3,(H,23,24)/t10-,11+,12-,13-,14-/m1/s1. The molecule has 0 aliphatic carbocycles. The first-order valence-corrected chi connectivity index (χ1v) is 8.89. The number of aliphatic hydroxyl groups excluding tert-OH is 1. The topological polar surface area (TPSA) is 90.3 Å². The molecule has 7 heteroatoms. The average molecular weight is 356 g/mol. The van der Waals surface area contributed by atoms with Gasteiger partial charge < -0.3 is 19.8 Å². The van der Waals surface area contributed by atoms with E-state index < -0.39 is 35.2 Å². The molecule has 144 valence electrons. The number of carbonyl (C=O) groups excluding carboxylic acids is 1. The summed E-state index contributed by atoms with van der Waals surface area (Å²) in [5.41, 5.74) is -1.32. The molecule has 0 radical (unpaired) electrons. The predicted octanol–water partition coefficient (Wildman–Crippen LogP) is 1.79. The van der Waals surface area contributed by atoms with Crippen molar-refractivity contribution >= 4 is 12.0 Å². The lowest BCUT2D eigenvalue weighted by molar-refractivity contribution is -0.145. The fraction of sp³-hybridized carbons (Fsp3) is 0.889. The number of nitrogens with zero attached hydrogens (tertiary/aromatic N) is 2. The van der Waals surface area contributed by atoms with E-state index in [1.165, 1.54) is 4.90 Å². The zero-order valence-corrected chi connectivity index (χ0v) is 16.3. The monoisotopic (exact) mass is 356 g/mol. The summed E-state index contributed by atoms with van der Waals surface area (Å²) in [6, 6.07) is -1.24. The molecule has 2 rings (SSSR count). The second-order valence-electron chi connectivity index (χ2n) is 9.42. The SMILES string of the molecule is C[C@@H]1CN(C(=O)[C@@H](N(C(=O)O)C(C)(C)C)C(C)(C)C)[C@H]2[C@@H]1OC[C@@H]2O. The van der Waals surface area contributed by atoms with E-state index in [1.807, 2.05) is 27.7 Å². The Morgan fingerprint density at radius 2 is 1.76 bits per heavy atom. The first-order chi connectivity index (χ1) is 11.3. The smallest absolute Gasteiger partial charge is 0.408 e. The molecule has 2 aliphatic rings. The molecule has 0 unspecified atom stereocenters. The second-order valence-corrected chi connectivity index (χ2v) is 9.42. The molecular weight excluding hydrogens is 324 g/mol. The number of hydrogen-bond donors (Lipinski definition) is 2. The molecule has 2 saturated heterocycles. The lowest BCUT2D eigenvalue weighted by Gasteiger charge is -2.46. The first-order valence-electron chi connectivity index (χ1n) is 8.89. The zero-order valence-electron chi connectivity index (χ0n) is 16.3. The van der Waals surface area contributed by atoms with Crippen LogP contribution in [0.4, 0.5) is 4.79 Å². The van der Waals surface area contributed by atoms with Crippen LogP contribution in [0.1, 0.15) is 48.5 Å². The Balaban J connectivity index is 2.42. The highest BCUT2D eigenvalue weighted by Gasteiger charge is 2.54. The van der Waals surface area contributed by atoms with E-state index in [9.17, 15) is 19.8 Å². The van der Waals surface area contributed by atoms with Gasteiger partial charge in [0.05, 0.1) is 18.8 Å². The summed E-state index contributed by atoms with van der Waals surface area (Å²) >= 11 is 0. The maximum absolute atomic E-state index is 13.5. The van der Waals surface area contributed by atoms with E-state index in [2.05, 4.69) is 0 Å². The van der Waals surface area contributed by atoms with Crippen LogP contribution in [0, 0.1) is 11.3 Å². The van der Waals surface area contributed by atoms with Gasteiger partial charge in [0, 0.05) is 18.0 Å². The fourth-order valence-corrected chi connectivity index (χ4v) is 4.09. The molecule has 2 amide bonds. The number of ether oxygens (including phenoxy) is 1. The minimum absolute atomic E-state index is 0.111. The molecule has 0 aromatic heterocycles. The van der Waals surface area contributed by atoms with Gasteiger partial charge in [-0.2, -0.15) is 0 Å². The maximum Gasteiger partial charge on any atom is 0.408 e. The summed E-state index contributed by atoms with van der Waals surface area (Å²) in [5, 5.41) is 20.1. The second kappa shape index (κ2) is 6.43. The molecule has 7 nitrogen and oxygen atoms in total. The summed E-state index contributed by atoms with van der Waals surface area (Å²) in [7, 11) is 0. The van der Waals surface area contributed by atoms with Crippen molar-refractivity contribution in [3.63, 3.8) is 0 Å². The number of aliphatic hydroxyl groups is 1. The molecule has 0 bridgehead atoms. The highest BCUT2D eigenvalue weighted by atomic mass is 16.5. The van der Waals surface area contributed by atoms with Crippen molar-refractivity contribution in [2.75, 3.05) is 13.2 Å². The molecule has 0 aromatic carbocycles. The summed E-state index contributed by atoms with van der Waals surface area (Å²) in [6.45, 7) is 13.7. The number of rotatable bonds is 2. The zero-order chi connectivity index (χ0) is 19.3. The van der Waals surface area contributed by atoms with Crippen LogP contribution in [0.5, 0.6) is 0 Å². The van der Waals surface area contributed by atoms with Crippen molar-refractivity contribution in [3.05, 3.63) is 0 Å². The van der Waals surface area contributed by atoms with Gasteiger partial charge in [-0.05, 0) is 26.2 Å². The Bertz CT molecular complexity index is 537. The summed E-state index contributed by atoms with van der Waals surface area (Å²) in [5.74, 6) is -0.145. The first kappa shape index (κ1) is 20.0. The molecule has 2 aliphatic heterocycles. The average Bonchev–Trinajstić information content (AvgIpc) is 2.94. The predicted molar refractivity (Wildman–Crippen MR) is 93.3 cm³/mol. The van der Waals surface area contributed by atoms with E-state index in [0.717, 1.165) is 0 Å². The van der Waals surface area contributed by atoms with Gasteiger partial charge in [-0.25, -0.2) is 4.79 Å². The number of amides is 2. The van der Waals surface area contributed by atoms with E-state index in [-0.39, 0.29) is 24.5 Å². The van der Waals surface area contributed by atoms with E-state index >= 15 is 0 Å². The van der Waals surface area contributed by atoms with Crippen LogP contribution in [0.25, 0.3) is 0 Å². The van der Waals surface area contributed by atoms with Gasteiger partial charge in [-0.1, -0.05) is 27.7 Å². The van der Waals surface area contributed by atoms with Gasteiger partial charge in [0.15, 0.2) is 0 Å². The van der Waals surface area contributed by atoms with Gasteiger partial charge in [0.2, 0.25) is 5.91 Å². The van der Waals surface area contributed by atoms with Crippen molar-refractivity contribution in [2.24, 2.45) is 11.3 Å². The Morgan fingerprint density at radius 3 is 2.20 bits per heavy atom. The molecule has 0 spiro atoms. The molecule has 0 aromatic rings. The van der Waals surface area contributed by atoms with Crippen LogP contribution in [0.15, 0.2) is 0 Å². The molecular formula is C18H32N2O5. The van der Waals surface area contributed by atoms with Crippen molar-refractivity contribution in [1.82, 2.24) is 9.80 Å². The molecule has 2 heterocycles. The van der Waals surface area contributed by atoms with Crippen molar-refractivity contribution in [2.45, 2.75) is 78.3 Å². The van der Waals surface area contributed by atoms with Crippen LogP contribution in [-0.4, -0.2) is 75.0 Å². The fourth-order valence-electron chi connectivity index (χ4n) is 4.09. The van der Waals surface area contributed by atoms with Gasteiger partial charge in [0.25, 0.3) is 0 Å². The number of fused-ring (bicyclic) bond motifs is 1. The van der Waals surface area contributed by atoms with E-state index in [1.54, 1.807) is 25.7 Å². The summed E-state index contributed by atoms with van der Waals surface area (Å²) in [6.07, 6.45) is -2.03. The van der Waals surface area contributed by atoms with Gasteiger partial charge in [-0.3, -0.25) is 9.69 Å². The Hall–Kier alpha value is -1.34. The van der Waals surface area contributed by atoms with Crippen molar-refractivity contribution < 1.29 is 24.5 Å². The van der Waals surface area contributed by atoms with Gasteiger partial charge >= 0.3 is 6.09 Å². The minimum atomic E-state index is -1.12. The summed E-state index contributed by atoms with van der Waals surface area (Å²) < 4.78 is 5.65. The number of carboxylic acid groups (broad SMARTS) is 1. The van der Waals surface area contributed by atoms with Crippen LogP contribution in [-0.2, 0) is 9.53 Å². The van der Waals surface area contributed by atoms with Gasteiger partial charge in [0.1, 0.15) is 12.1 Å². The molecule has 2 N–H and O–H groups in total. The Labute approximate surface area is 149 Å². The van der Waals surface area contributed by atoms with E-state index in [4.69, 9.17) is 4.74 Å². The lowest BCUT2D eigenvalue weighted by Crippen LogP contribution is -2.63. The molecule has 5 atom stereocenters. The number of hydrogen-bond acceptors (Lipinski definition) is 4. The van der Waals surface area contributed by atoms with Crippen molar-refractivity contribution in [1.29, 1.82) is 0 Å². The van der Waals surface area contributed by atoms with Crippen molar-refractivity contribution in [3.8, 4) is 0 Å². The quantitative estimate of drug-likeness (QED) is 0.787. The normalized spacial score (nSPS) is 31.0. The highest BCUT2D eigenvalue weighted by molar-refractivity contribution is 5.87. The molecule has 25 heavy (non-hydrogen) atoms. The minimum Gasteiger partial charge on any atom is -0.465 e. The maximum atomic E-state index is 13.5.